The van der Waals surface area contributed by atoms with Crippen molar-refractivity contribution in [3.8, 4) is 5.75 Å². The van der Waals surface area contributed by atoms with Gasteiger partial charge in [0.15, 0.2) is 0 Å². The van der Waals surface area contributed by atoms with E-state index >= 15 is 0 Å². The Morgan fingerprint density at radius 1 is 1.15 bits per heavy atom. The van der Waals surface area contributed by atoms with E-state index in [0.29, 0.717) is 13.0 Å². The number of carboxylic acid groups (broad SMARTS) is 1. The fraction of sp³-hybridized carbons (Fsp3) is 0.300. The second-order valence-electron chi connectivity index (χ2n) is 6.39. The highest BCUT2D eigenvalue weighted by Gasteiger charge is 2.32. The summed E-state index contributed by atoms with van der Waals surface area (Å²) in [5.74, 6) is -1.75. The van der Waals surface area contributed by atoms with Crippen LogP contribution in [-0.2, 0) is 22.6 Å². The number of hydrogen-bond donors (Lipinski definition) is 1. The first-order valence-electron chi connectivity index (χ1n) is 8.56. The summed E-state index contributed by atoms with van der Waals surface area (Å²) in [7, 11) is 0. The molecule has 0 aliphatic carbocycles. The maximum atomic E-state index is 12.6. The van der Waals surface area contributed by atoms with E-state index in [-0.39, 0.29) is 24.6 Å². The van der Waals surface area contributed by atoms with Crippen molar-refractivity contribution in [2.45, 2.75) is 31.9 Å². The number of fused-ring (bicyclic) bond motifs is 1. The zero-order chi connectivity index (χ0) is 19.4. The van der Waals surface area contributed by atoms with Gasteiger partial charge in [-0.3, -0.25) is 9.59 Å². The van der Waals surface area contributed by atoms with Crippen molar-refractivity contribution in [1.82, 2.24) is 4.90 Å². The Balaban J connectivity index is 1.62. The van der Waals surface area contributed by atoms with Crippen molar-refractivity contribution >= 4 is 11.9 Å². The number of nitrogens with zero attached hydrogens (tertiary/aromatic N) is 1. The average Bonchev–Trinajstić information content (AvgIpc) is 2.65. The van der Waals surface area contributed by atoms with Crippen LogP contribution in [0.15, 0.2) is 48.5 Å². The fourth-order valence-corrected chi connectivity index (χ4v) is 3.26. The molecule has 0 spiro atoms. The van der Waals surface area contributed by atoms with E-state index in [4.69, 9.17) is 0 Å². The molecule has 2 aromatic rings. The summed E-state index contributed by atoms with van der Waals surface area (Å²) in [5, 5.41) is 9.48. The molecule has 5 nitrogen and oxygen atoms in total. The van der Waals surface area contributed by atoms with Crippen molar-refractivity contribution in [3.63, 3.8) is 0 Å². The lowest BCUT2D eigenvalue weighted by molar-refractivity contribution is -0.141. The van der Waals surface area contributed by atoms with Gasteiger partial charge in [0.05, 0.1) is 5.92 Å². The molecule has 7 heteroatoms. The number of halogens is 2. The molecule has 0 fully saturated rings. The number of carbonyl (C=O) groups is 2. The zero-order valence-corrected chi connectivity index (χ0v) is 14.5. The van der Waals surface area contributed by atoms with E-state index in [1.807, 2.05) is 12.1 Å². The Hall–Kier alpha value is -2.96. The van der Waals surface area contributed by atoms with E-state index in [0.717, 1.165) is 16.7 Å². The summed E-state index contributed by atoms with van der Waals surface area (Å²) in [4.78, 5) is 25.7. The van der Waals surface area contributed by atoms with Crippen LogP contribution < -0.4 is 4.74 Å². The summed E-state index contributed by atoms with van der Waals surface area (Å²) >= 11 is 0. The van der Waals surface area contributed by atoms with Gasteiger partial charge in [0, 0.05) is 19.5 Å². The van der Waals surface area contributed by atoms with Gasteiger partial charge in [0.1, 0.15) is 5.75 Å². The van der Waals surface area contributed by atoms with Crippen molar-refractivity contribution in [1.29, 1.82) is 0 Å². The second kappa shape index (κ2) is 8.16. The van der Waals surface area contributed by atoms with Gasteiger partial charge in [-0.15, -0.1) is 0 Å². The standard InChI is InChI=1S/C20H19F2NO4/c21-20(22)27-15-8-5-13(6-9-15)7-10-18(24)23-11-14-3-1-2-4-16(14)17(12-23)19(25)26/h1-6,8-9,17,20H,7,10-12H2,(H,25,26). The Labute approximate surface area is 155 Å². The minimum absolute atomic E-state index is 0.0667. The van der Waals surface area contributed by atoms with Gasteiger partial charge < -0.3 is 14.7 Å². The van der Waals surface area contributed by atoms with Crippen molar-refractivity contribution in [2.24, 2.45) is 0 Å². The predicted octanol–water partition coefficient (Wildman–Crippen LogP) is 3.43. The van der Waals surface area contributed by atoms with Gasteiger partial charge in [0.2, 0.25) is 5.91 Å². The topological polar surface area (TPSA) is 66.8 Å². The van der Waals surface area contributed by atoms with Crippen LogP contribution in [0.1, 0.15) is 29.0 Å². The molecular formula is C20H19F2NO4. The maximum absolute atomic E-state index is 12.6. The average molecular weight is 375 g/mol. The van der Waals surface area contributed by atoms with Crippen molar-refractivity contribution in [3.05, 3.63) is 65.2 Å². The third-order valence-corrected chi connectivity index (χ3v) is 4.62. The predicted molar refractivity (Wildman–Crippen MR) is 93.6 cm³/mol. The zero-order valence-electron chi connectivity index (χ0n) is 14.5. The molecule has 1 amide bonds. The molecule has 1 aliphatic rings. The van der Waals surface area contributed by atoms with Crippen LogP contribution in [0.4, 0.5) is 8.78 Å². The molecule has 27 heavy (non-hydrogen) atoms. The maximum Gasteiger partial charge on any atom is 0.387 e. The molecule has 0 saturated carbocycles. The highest BCUT2D eigenvalue weighted by atomic mass is 19.3. The van der Waals surface area contributed by atoms with Crippen LogP contribution in [0.5, 0.6) is 5.75 Å². The fourth-order valence-electron chi connectivity index (χ4n) is 3.26. The Bertz CT molecular complexity index is 823. The van der Waals surface area contributed by atoms with Crippen LogP contribution in [0.2, 0.25) is 0 Å². The number of alkyl halides is 2. The first-order valence-corrected chi connectivity index (χ1v) is 8.56. The Kier molecular flexibility index (Phi) is 5.69. The summed E-state index contributed by atoms with van der Waals surface area (Å²) < 4.78 is 28.6. The minimum Gasteiger partial charge on any atom is -0.481 e. The molecule has 1 heterocycles. The SMILES string of the molecule is O=C(O)C1CN(C(=O)CCc2ccc(OC(F)F)cc2)Cc2ccccc21. The molecule has 1 atom stereocenters. The summed E-state index contributed by atoms with van der Waals surface area (Å²) in [6.45, 7) is -2.34. The molecule has 1 N–H and O–H groups in total. The second-order valence-corrected chi connectivity index (χ2v) is 6.39. The molecule has 0 bridgehead atoms. The molecule has 142 valence electrons. The highest BCUT2D eigenvalue weighted by Crippen LogP contribution is 2.29. The number of carbonyl (C=O) groups excluding carboxylic acids is 1. The van der Waals surface area contributed by atoms with E-state index in [1.165, 1.54) is 12.1 Å². The van der Waals surface area contributed by atoms with Crippen LogP contribution in [0.3, 0.4) is 0 Å². The van der Waals surface area contributed by atoms with E-state index in [1.54, 1.807) is 29.2 Å². The first kappa shape index (κ1) is 18.8. The molecule has 2 aromatic carbocycles. The molecule has 0 radical (unpaired) electrons. The number of ether oxygens (including phenoxy) is 1. The molecule has 1 unspecified atom stereocenters. The quantitative estimate of drug-likeness (QED) is 0.840. The normalized spacial score (nSPS) is 16.1. The molecule has 3 rings (SSSR count). The van der Waals surface area contributed by atoms with E-state index in [2.05, 4.69) is 4.74 Å². The lowest BCUT2D eigenvalue weighted by atomic mass is 9.89. The van der Waals surface area contributed by atoms with Gasteiger partial charge in [-0.05, 0) is 35.2 Å². The van der Waals surface area contributed by atoms with E-state index in [9.17, 15) is 23.5 Å². The van der Waals surface area contributed by atoms with Gasteiger partial charge in [0.25, 0.3) is 0 Å². The third-order valence-electron chi connectivity index (χ3n) is 4.62. The summed E-state index contributed by atoms with van der Waals surface area (Å²) in [6, 6.07) is 13.4. The molecule has 0 aromatic heterocycles. The van der Waals surface area contributed by atoms with Crippen molar-refractivity contribution in [2.75, 3.05) is 6.54 Å². The number of rotatable bonds is 6. The first-order chi connectivity index (χ1) is 12.9. The minimum atomic E-state index is -2.87. The Morgan fingerprint density at radius 3 is 2.52 bits per heavy atom. The van der Waals surface area contributed by atoms with Crippen LogP contribution in [-0.4, -0.2) is 35.0 Å². The molecule has 0 saturated heterocycles. The number of aliphatic carboxylic acids is 1. The monoisotopic (exact) mass is 375 g/mol. The van der Waals surface area contributed by atoms with Gasteiger partial charge in [-0.2, -0.15) is 8.78 Å². The number of amides is 1. The smallest absolute Gasteiger partial charge is 0.387 e. The van der Waals surface area contributed by atoms with Gasteiger partial charge >= 0.3 is 12.6 Å². The molecule has 1 aliphatic heterocycles. The Morgan fingerprint density at radius 2 is 1.85 bits per heavy atom. The van der Waals surface area contributed by atoms with Crippen molar-refractivity contribution < 1.29 is 28.2 Å². The number of hydrogen-bond acceptors (Lipinski definition) is 3. The number of carboxylic acids is 1. The van der Waals surface area contributed by atoms with Crippen LogP contribution >= 0.6 is 0 Å². The van der Waals surface area contributed by atoms with E-state index < -0.39 is 18.5 Å². The third kappa shape index (κ3) is 4.61. The number of benzene rings is 2. The molecular weight excluding hydrogens is 356 g/mol. The van der Waals surface area contributed by atoms with Crippen LogP contribution in [0.25, 0.3) is 0 Å². The van der Waals surface area contributed by atoms with Gasteiger partial charge in [-0.25, -0.2) is 0 Å². The summed E-state index contributed by atoms with van der Waals surface area (Å²) in [6.07, 6.45) is 0.646. The van der Waals surface area contributed by atoms with Gasteiger partial charge in [-0.1, -0.05) is 36.4 Å². The lowest BCUT2D eigenvalue weighted by Crippen LogP contribution is -2.40. The highest BCUT2D eigenvalue weighted by molar-refractivity contribution is 5.81. The van der Waals surface area contributed by atoms with Crippen LogP contribution in [0, 0.1) is 0 Å². The lowest BCUT2D eigenvalue weighted by Gasteiger charge is -2.33. The number of aryl methyl sites for hydroxylation is 1. The summed E-state index contributed by atoms with van der Waals surface area (Å²) in [5.41, 5.74) is 2.42. The largest absolute Gasteiger partial charge is 0.481 e.